The molecule has 0 aliphatic heterocycles. The highest BCUT2D eigenvalue weighted by Crippen LogP contribution is 2.35. The van der Waals surface area contributed by atoms with Crippen LogP contribution in [0.25, 0.3) is 0 Å². The maximum absolute atomic E-state index is 10.8. The molecule has 1 saturated carbocycles. The van der Waals surface area contributed by atoms with Gasteiger partial charge in [-0.1, -0.05) is 39.5 Å². The predicted molar refractivity (Wildman–Crippen MR) is 74.2 cm³/mol. The first-order chi connectivity index (χ1) is 8.08. The zero-order valence-corrected chi connectivity index (χ0v) is 12.2. The third-order valence-corrected chi connectivity index (χ3v) is 5.01. The van der Waals surface area contributed by atoms with E-state index in [-0.39, 0.29) is 11.6 Å². The molecule has 1 atom stereocenters. The van der Waals surface area contributed by atoms with E-state index < -0.39 is 0 Å². The molecule has 1 unspecified atom stereocenters. The molecule has 1 N–H and O–H groups in total. The van der Waals surface area contributed by atoms with Crippen LogP contribution in [0.3, 0.4) is 0 Å². The quantitative estimate of drug-likeness (QED) is 0.745. The molecular weight excluding hydrogens is 210 g/mol. The van der Waals surface area contributed by atoms with Gasteiger partial charge < -0.3 is 10.0 Å². The molecule has 2 nitrogen and oxygen atoms in total. The Morgan fingerprint density at radius 3 is 1.88 bits per heavy atom. The summed E-state index contributed by atoms with van der Waals surface area (Å²) in [6.45, 7) is 4.42. The minimum Gasteiger partial charge on any atom is -0.391 e. The van der Waals surface area contributed by atoms with Gasteiger partial charge in [-0.15, -0.1) is 0 Å². The Morgan fingerprint density at radius 1 is 1.06 bits per heavy atom. The van der Waals surface area contributed by atoms with Gasteiger partial charge in [-0.3, -0.25) is 0 Å². The number of likely N-dealkylation sites (N-methyl/N-ethyl adjacent to an activating group) is 1. The van der Waals surface area contributed by atoms with Gasteiger partial charge in [-0.2, -0.15) is 0 Å². The van der Waals surface area contributed by atoms with E-state index in [0.717, 1.165) is 12.8 Å². The van der Waals surface area contributed by atoms with Crippen LogP contribution in [-0.2, 0) is 0 Å². The molecule has 0 aromatic rings. The first-order valence-electron chi connectivity index (χ1n) is 7.44. The molecule has 0 aromatic heterocycles. The van der Waals surface area contributed by atoms with Gasteiger partial charge in [0.05, 0.1) is 6.10 Å². The van der Waals surface area contributed by atoms with Gasteiger partial charge in [0.1, 0.15) is 0 Å². The van der Waals surface area contributed by atoms with Crippen LogP contribution in [0.2, 0.25) is 0 Å². The normalized spacial score (nSPS) is 21.5. The molecule has 0 aromatic carbocycles. The van der Waals surface area contributed by atoms with Gasteiger partial charge in [-0.25, -0.2) is 0 Å². The monoisotopic (exact) mass is 241 g/mol. The van der Waals surface area contributed by atoms with Crippen molar-refractivity contribution in [2.75, 3.05) is 14.1 Å². The number of hydrogen-bond donors (Lipinski definition) is 1. The van der Waals surface area contributed by atoms with Gasteiger partial charge in [0.25, 0.3) is 0 Å². The second-order valence-corrected chi connectivity index (χ2v) is 5.90. The summed E-state index contributed by atoms with van der Waals surface area (Å²) >= 11 is 0. The smallest absolute Gasteiger partial charge is 0.0751 e. The van der Waals surface area contributed by atoms with Crippen molar-refractivity contribution in [2.45, 2.75) is 76.9 Å². The third-order valence-electron chi connectivity index (χ3n) is 5.01. The highest BCUT2D eigenvalue weighted by molar-refractivity contribution is 4.96. The van der Waals surface area contributed by atoms with Crippen LogP contribution < -0.4 is 0 Å². The molecule has 0 radical (unpaired) electrons. The summed E-state index contributed by atoms with van der Waals surface area (Å²) in [5, 5.41) is 10.8. The number of aliphatic hydroxyl groups is 1. The van der Waals surface area contributed by atoms with E-state index >= 15 is 0 Å². The average molecular weight is 241 g/mol. The van der Waals surface area contributed by atoms with Crippen LogP contribution in [0.1, 0.15) is 65.2 Å². The van der Waals surface area contributed by atoms with Crippen LogP contribution in [-0.4, -0.2) is 35.7 Å². The van der Waals surface area contributed by atoms with Crippen molar-refractivity contribution in [2.24, 2.45) is 5.92 Å². The topological polar surface area (TPSA) is 23.5 Å². The van der Waals surface area contributed by atoms with Crippen LogP contribution in [0.4, 0.5) is 0 Å². The fourth-order valence-electron chi connectivity index (χ4n) is 3.63. The summed E-state index contributed by atoms with van der Waals surface area (Å²) in [5.41, 5.74) is -0.0188. The van der Waals surface area contributed by atoms with Gasteiger partial charge in [0.15, 0.2) is 0 Å². The molecule has 0 spiro atoms. The standard InChI is InChI=1S/C15H31NO/c1-5-15(6-2,16(3)4)14(17)13-11-9-7-8-10-12-13/h13-14,17H,5-12H2,1-4H3. The van der Waals surface area contributed by atoms with E-state index in [1.54, 1.807) is 0 Å². The summed E-state index contributed by atoms with van der Waals surface area (Å²) in [5.74, 6) is 0.514. The Balaban J connectivity index is 2.78. The first-order valence-corrected chi connectivity index (χ1v) is 7.44. The molecule has 1 fully saturated rings. The van der Waals surface area contributed by atoms with Crippen molar-refractivity contribution in [3.05, 3.63) is 0 Å². The van der Waals surface area contributed by atoms with Crippen LogP contribution in [0, 0.1) is 5.92 Å². The van der Waals surface area contributed by atoms with Gasteiger partial charge >= 0.3 is 0 Å². The van der Waals surface area contributed by atoms with Crippen molar-refractivity contribution in [1.29, 1.82) is 0 Å². The first kappa shape index (κ1) is 15.0. The van der Waals surface area contributed by atoms with Crippen LogP contribution >= 0.6 is 0 Å². The minimum atomic E-state index is -0.161. The molecule has 1 aliphatic carbocycles. The molecule has 102 valence electrons. The predicted octanol–water partition coefficient (Wildman–Crippen LogP) is 3.44. The Hall–Kier alpha value is -0.0800. The van der Waals surface area contributed by atoms with Gasteiger partial charge in [0.2, 0.25) is 0 Å². The molecule has 17 heavy (non-hydrogen) atoms. The van der Waals surface area contributed by atoms with E-state index in [0.29, 0.717) is 5.92 Å². The van der Waals surface area contributed by atoms with Crippen molar-refractivity contribution in [3.63, 3.8) is 0 Å². The van der Waals surface area contributed by atoms with E-state index in [1.165, 1.54) is 38.5 Å². The number of aliphatic hydroxyl groups excluding tert-OH is 1. The summed E-state index contributed by atoms with van der Waals surface area (Å²) in [6, 6.07) is 0. The third kappa shape index (κ3) is 3.23. The highest BCUT2D eigenvalue weighted by Gasteiger charge is 2.40. The van der Waals surface area contributed by atoms with Gasteiger partial charge in [0, 0.05) is 5.54 Å². The van der Waals surface area contributed by atoms with Crippen molar-refractivity contribution >= 4 is 0 Å². The number of nitrogens with zero attached hydrogens (tertiary/aromatic N) is 1. The van der Waals surface area contributed by atoms with E-state index in [1.807, 2.05) is 0 Å². The Kier molecular flexibility index (Phi) is 5.94. The summed E-state index contributed by atoms with van der Waals surface area (Å²) in [7, 11) is 4.24. The van der Waals surface area contributed by atoms with Crippen molar-refractivity contribution in [3.8, 4) is 0 Å². The maximum Gasteiger partial charge on any atom is 0.0751 e. The van der Waals surface area contributed by atoms with E-state index in [2.05, 4.69) is 32.8 Å². The molecule has 0 amide bonds. The second kappa shape index (κ2) is 6.75. The number of rotatable bonds is 5. The molecule has 1 aliphatic rings. The lowest BCUT2D eigenvalue weighted by Crippen LogP contribution is -2.55. The molecule has 0 heterocycles. The molecule has 0 saturated heterocycles. The van der Waals surface area contributed by atoms with E-state index in [4.69, 9.17) is 0 Å². The van der Waals surface area contributed by atoms with Gasteiger partial charge in [-0.05, 0) is 45.7 Å². The SMILES string of the molecule is CCC(CC)(C(O)C1CCCCCC1)N(C)C. The molecule has 2 heteroatoms. The summed E-state index contributed by atoms with van der Waals surface area (Å²) < 4.78 is 0. The summed E-state index contributed by atoms with van der Waals surface area (Å²) in [6.07, 6.45) is 9.67. The van der Waals surface area contributed by atoms with Crippen molar-refractivity contribution < 1.29 is 5.11 Å². The summed E-state index contributed by atoms with van der Waals surface area (Å²) in [4.78, 5) is 2.25. The fraction of sp³-hybridized carbons (Fsp3) is 1.00. The minimum absolute atomic E-state index is 0.0188. The second-order valence-electron chi connectivity index (χ2n) is 5.90. The van der Waals surface area contributed by atoms with Crippen LogP contribution in [0.15, 0.2) is 0 Å². The van der Waals surface area contributed by atoms with Crippen LogP contribution in [0.5, 0.6) is 0 Å². The molecule has 1 rings (SSSR count). The zero-order chi connectivity index (χ0) is 12.9. The Bertz CT molecular complexity index is 203. The van der Waals surface area contributed by atoms with E-state index in [9.17, 15) is 5.11 Å². The average Bonchev–Trinajstić information content (AvgIpc) is 2.59. The zero-order valence-electron chi connectivity index (χ0n) is 12.2. The fourth-order valence-corrected chi connectivity index (χ4v) is 3.63. The molecule has 0 bridgehead atoms. The van der Waals surface area contributed by atoms with Crippen molar-refractivity contribution in [1.82, 2.24) is 4.90 Å². The lowest BCUT2D eigenvalue weighted by molar-refractivity contribution is -0.0506. The largest absolute Gasteiger partial charge is 0.391 e. The lowest BCUT2D eigenvalue weighted by atomic mass is 9.76. The Morgan fingerprint density at radius 2 is 1.53 bits per heavy atom. The highest BCUT2D eigenvalue weighted by atomic mass is 16.3. The Labute approximate surface area is 107 Å². The lowest BCUT2D eigenvalue weighted by Gasteiger charge is -2.45. The number of hydrogen-bond acceptors (Lipinski definition) is 2. The molecular formula is C15H31NO. The maximum atomic E-state index is 10.8.